The lowest BCUT2D eigenvalue weighted by Crippen LogP contribution is -2.27. The van der Waals surface area contributed by atoms with Crippen LogP contribution in [0.3, 0.4) is 0 Å². The van der Waals surface area contributed by atoms with Gasteiger partial charge in [-0.1, -0.05) is 55.8 Å². The van der Waals surface area contributed by atoms with E-state index < -0.39 is 0 Å². The Labute approximate surface area is 148 Å². The summed E-state index contributed by atoms with van der Waals surface area (Å²) in [5.41, 5.74) is 8.61. The Morgan fingerprint density at radius 1 is 0.960 bits per heavy atom. The lowest BCUT2D eigenvalue weighted by molar-refractivity contribution is 0.0735. The number of carbonyl (C=O) groups is 1. The third-order valence-electron chi connectivity index (χ3n) is 4.60. The minimum atomic E-state index is -0.349. The number of carbonyl (C=O) groups excluding carboxylic acids is 1. The van der Waals surface area contributed by atoms with Gasteiger partial charge >= 0.3 is 5.97 Å². The minimum absolute atomic E-state index is 0.0945. The van der Waals surface area contributed by atoms with Crippen LogP contribution >= 0.6 is 0 Å². The highest BCUT2D eigenvalue weighted by molar-refractivity contribution is 5.92. The number of aryl methyl sites for hydroxylation is 1. The van der Waals surface area contributed by atoms with E-state index >= 15 is 0 Å². The van der Waals surface area contributed by atoms with Crippen LogP contribution in [0.15, 0.2) is 60.7 Å². The molecule has 3 heteroatoms. The average molecular weight is 333 g/mol. The van der Waals surface area contributed by atoms with E-state index in [0.29, 0.717) is 17.9 Å². The van der Waals surface area contributed by atoms with Gasteiger partial charge in [0.15, 0.2) is 0 Å². The molecule has 3 nitrogen and oxygen atoms in total. The summed E-state index contributed by atoms with van der Waals surface area (Å²) in [4.78, 5) is 12.3. The maximum Gasteiger partial charge on any atom is 0.343 e. The standard InChI is InChI=1S/C22H23NO2/c1-15-4-6-17(7-5-15)21(24)25-20-11-9-16-8-10-19(12-18(16)13-20)22(2,3)14-23/h4-13H,14,23H2,1-3H3. The van der Waals surface area contributed by atoms with Crippen molar-refractivity contribution in [2.24, 2.45) is 5.73 Å². The molecular weight excluding hydrogens is 310 g/mol. The molecule has 0 unspecified atom stereocenters. The van der Waals surface area contributed by atoms with Crippen LogP contribution < -0.4 is 10.5 Å². The van der Waals surface area contributed by atoms with Crippen molar-refractivity contribution < 1.29 is 9.53 Å². The molecule has 2 N–H and O–H groups in total. The third kappa shape index (κ3) is 3.72. The van der Waals surface area contributed by atoms with Gasteiger partial charge in [0.25, 0.3) is 0 Å². The van der Waals surface area contributed by atoms with Crippen molar-refractivity contribution in [2.45, 2.75) is 26.2 Å². The number of benzene rings is 3. The van der Waals surface area contributed by atoms with Crippen LogP contribution in [0.25, 0.3) is 10.8 Å². The van der Waals surface area contributed by atoms with Crippen molar-refractivity contribution in [2.75, 3.05) is 6.54 Å². The number of ether oxygens (including phenoxy) is 1. The van der Waals surface area contributed by atoms with E-state index in [9.17, 15) is 4.79 Å². The lowest BCUT2D eigenvalue weighted by Gasteiger charge is -2.23. The SMILES string of the molecule is Cc1ccc(C(=O)Oc2ccc3ccc(C(C)(C)CN)cc3c2)cc1. The van der Waals surface area contributed by atoms with E-state index in [0.717, 1.165) is 16.3 Å². The predicted octanol–water partition coefficient (Wildman–Crippen LogP) is 4.60. The first-order valence-electron chi connectivity index (χ1n) is 8.42. The smallest absolute Gasteiger partial charge is 0.343 e. The van der Waals surface area contributed by atoms with Gasteiger partial charge in [-0.3, -0.25) is 0 Å². The predicted molar refractivity (Wildman–Crippen MR) is 102 cm³/mol. The average Bonchev–Trinajstić information content (AvgIpc) is 2.61. The molecule has 0 heterocycles. The molecule has 0 spiro atoms. The van der Waals surface area contributed by atoms with Gasteiger partial charge in [-0.25, -0.2) is 4.79 Å². The molecule has 0 aliphatic heterocycles. The Hall–Kier alpha value is -2.65. The largest absolute Gasteiger partial charge is 0.423 e. The highest BCUT2D eigenvalue weighted by Crippen LogP contribution is 2.28. The number of nitrogens with two attached hydrogens (primary N) is 1. The van der Waals surface area contributed by atoms with Crippen molar-refractivity contribution in [1.82, 2.24) is 0 Å². The molecule has 3 aromatic carbocycles. The van der Waals surface area contributed by atoms with Crippen LogP contribution in [0.5, 0.6) is 5.75 Å². The van der Waals surface area contributed by atoms with Gasteiger partial charge in [0.2, 0.25) is 0 Å². The second-order valence-electron chi connectivity index (χ2n) is 7.07. The maximum absolute atomic E-state index is 12.3. The van der Waals surface area contributed by atoms with Gasteiger partial charge in [0, 0.05) is 12.0 Å². The first kappa shape index (κ1) is 17.2. The Morgan fingerprint density at radius 3 is 2.32 bits per heavy atom. The second-order valence-corrected chi connectivity index (χ2v) is 7.07. The Balaban J connectivity index is 1.89. The summed E-state index contributed by atoms with van der Waals surface area (Å²) in [6.45, 7) is 6.80. The molecule has 3 aromatic rings. The van der Waals surface area contributed by atoms with E-state index in [4.69, 9.17) is 10.5 Å². The van der Waals surface area contributed by atoms with E-state index in [1.807, 2.05) is 37.3 Å². The molecule has 128 valence electrons. The molecule has 0 atom stereocenters. The minimum Gasteiger partial charge on any atom is -0.423 e. The number of hydrogen-bond acceptors (Lipinski definition) is 3. The van der Waals surface area contributed by atoms with Gasteiger partial charge in [0.05, 0.1) is 5.56 Å². The number of fused-ring (bicyclic) bond motifs is 1. The van der Waals surface area contributed by atoms with Gasteiger partial charge in [-0.2, -0.15) is 0 Å². The first-order chi connectivity index (χ1) is 11.9. The molecule has 0 amide bonds. The summed E-state index contributed by atoms with van der Waals surface area (Å²) in [7, 11) is 0. The molecule has 0 saturated heterocycles. The van der Waals surface area contributed by atoms with Crippen molar-refractivity contribution in [1.29, 1.82) is 0 Å². The fourth-order valence-electron chi connectivity index (χ4n) is 2.68. The zero-order valence-electron chi connectivity index (χ0n) is 14.9. The topological polar surface area (TPSA) is 52.3 Å². The number of hydrogen-bond donors (Lipinski definition) is 1. The number of esters is 1. The monoisotopic (exact) mass is 333 g/mol. The van der Waals surface area contributed by atoms with Crippen molar-refractivity contribution in [3.05, 3.63) is 77.4 Å². The Kier molecular flexibility index (Phi) is 4.60. The Morgan fingerprint density at radius 2 is 1.64 bits per heavy atom. The highest BCUT2D eigenvalue weighted by Gasteiger charge is 2.18. The van der Waals surface area contributed by atoms with Gasteiger partial charge < -0.3 is 10.5 Å². The molecule has 0 fully saturated rings. The zero-order chi connectivity index (χ0) is 18.0. The summed E-state index contributed by atoms with van der Waals surface area (Å²) < 4.78 is 5.54. The molecule has 0 aromatic heterocycles. The quantitative estimate of drug-likeness (QED) is 0.560. The molecule has 0 saturated carbocycles. The van der Waals surface area contributed by atoms with Crippen molar-refractivity contribution in [3.63, 3.8) is 0 Å². The molecule has 0 radical (unpaired) electrons. The van der Waals surface area contributed by atoms with Gasteiger partial charge in [-0.15, -0.1) is 0 Å². The van der Waals surface area contributed by atoms with Crippen LogP contribution in [0.1, 0.15) is 35.3 Å². The van der Waals surface area contributed by atoms with Crippen LogP contribution in [0.4, 0.5) is 0 Å². The van der Waals surface area contributed by atoms with E-state index in [1.165, 1.54) is 5.56 Å². The fraction of sp³-hybridized carbons (Fsp3) is 0.227. The molecule has 0 aliphatic rings. The van der Waals surface area contributed by atoms with Crippen LogP contribution in [-0.4, -0.2) is 12.5 Å². The van der Waals surface area contributed by atoms with E-state index in [1.54, 1.807) is 12.1 Å². The zero-order valence-corrected chi connectivity index (χ0v) is 14.9. The van der Waals surface area contributed by atoms with Crippen molar-refractivity contribution in [3.8, 4) is 5.75 Å². The summed E-state index contributed by atoms with van der Waals surface area (Å²) >= 11 is 0. The molecule has 0 aliphatic carbocycles. The molecule has 0 bridgehead atoms. The summed E-state index contributed by atoms with van der Waals surface area (Å²) in [6, 6.07) is 19.3. The molecule has 25 heavy (non-hydrogen) atoms. The second kappa shape index (κ2) is 6.69. The van der Waals surface area contributed by atoms with Crippen LogP contribution in [-0.2, 0) is 5.41 Å². The Bertz CT molecular complexity index is 911. The highest BCUT2D eigenvalue weighted by atomic mass is 16.5. The molecule has 3 rings (SSSR count). The summed E-state index contributed by atoms with van der Waals surface area (Å²) in [5.74, 6) is 0.193. The fourth-order valence-corrected chi connectivity index (χ4v) is 2.68. The normalized spacial score (nSPS) is 11.5. The number of rotatable bonds is 4. The van der Waals surface area contributed by atoms with E-state index in [2.05, 4.69) is 32.0 Å². The summed E-state index contributed by atoms with van der Waals surface area (Å²) in [5, 5.41) is 2.14. The third-order valence-corrected chi connectivity index (χ3v) is 4.60. The lowest BCUT2D eigenvalue weighted by atomic mass is 9.84. The van der Waals surface area contributed by atoms with Gasteiger partial charge in [0.1, 0.15) is 5.75 Å². The maximum atomic E-state index is 12.3. The van der Waals surface area contributed by atoms with E-state index in [-0.39, 0.29) is 11.4 Å². The van der Waals surface area contributed by atoms with Gasteiger partial charge in [-0.05, 0) is 47.5 Å². The van der Waals surface area contributed by atoms with Crippen LogP contribution in [0, 0.1) is 6.92 Å². The summed E-state index contributed by atoms with van der Waals surface area (Å²) in [6.07, 6.45) is 0. The first-order valence-corrected chi connectivity index (χ1v) is 8.42. The molecular formula is C22H23NO2. The van der Waals surface area contributed by atoms with Crippen molar-refractivity contribution >= 4 is 16.7 Å². The van der Waals surface area contributed by atoms with Crippen LogP contribution in [0.2, 0.25) is 0 Å².